The summed E-state index contributed by atoms with van der Waals surface area (Å²) in [6.45, 7) is 4.35. The fourth-order valence-corrected chi connectivity index (χ4v) is 0.548. The molecule has 13 heavy (non-hydrogen) atoms. The van der Waals surface area contributed by atoms with Gasteiger partial charge in [0.1, 0.15) is 0 Å². The first-order valence-electron chi connectivity index (χ1n) is 3.83. The molecule has 0 radical (unpaired) electrons. The zero-order chi connectivity index (χ0) is 10.4. The molecule has 0 unspecified atom stereocenters. The molecule has 0 aromatic carbocycles. The van der Waals surface area contributed by atoms with Crippen molar-refractivity contribution in [2.45, 2.75) is 0 Å². The van der Waals surface area contributed by atoms with Crippen molar-refractivity contribution in [3.8, 4) is 0 Å². The SMILES string of the molecule is NCC[N-]CC[N-]CCN.[Cl][Co][Cl]. The summed E-state index contributed by atoms with van der Waals surface area (Å²) in [6, 6.07) is 0. The quantitative estimate of drug-likeness (QED) is 0.680. The summed E-state index contributed by atoms with van der Waals surface area (Å²) < 4.78 is 0. The number of hydrogen-bond acceptors (Lipinski definition) is 2. The molecule has 7 heteroatoms. The van der Waals surface area contributed by atoms with Crippen LogP contribution in [-0.4, -0.2) is 39.3 Å². The number of rotatable bonds is 7. The summed E-state index contributed by atoms with van der Waals surface area (Å²) in [7, 11) is 9.47. The fraction of sp³-hybridized carbons (Fsp3) is 1.00. The van der Waals surface area contributed by atoms with Crippen LogP contribution in [0.2, 0.25) is 0 Å². The van der Waals surface area contributed by atoms with Crippen molar-refractivity contribution in [2.24, 2.45) is 11.5 Å². The normalized spacial score (nSPS) is 9.54. The third kappa shape index (κ3) is 24.6. The third-order valence-corrected chi connectivity index (χ3v) is 0.991. The predicted molar refractivity (Wildman–Crippen MR) is 56.0 cm³/mol. The molecular weight excluding hydrogens is 258 g/mol. The van der Waals surface area contributed by atoms with E-state index in [-0.39, 0.29) is 0 Å². The van der Waals surface area contributed by atoms with Gasteiger partial charge >= 0.3 is 33.2 Å². The van der Waals surface area contributed by atoms with Gasteiger partial charge in [-0.3, -0.25) is 0 Å². The Kier molecular flexibility index (Phi) is 23.5. The van der Waals surface area contributed by atoms with Gasteiger partial charge in [0.25, 0.3) is 0 Å². The fourth-order valence-electron chi connectivity index (χ4n) is 0.548. The van der Waals surface area contributed by atoms with Crippen LogP contribution in [0.3, 0.4) is 0 Å². The molecule has 0 aliphatic heterocycles. The molecule has 4 N–H and O–H groups in total. The van der Waals surface area contributed by atoms with Crippen molar-refractivity contribution in [1.29, 1.82) is 0 Å². The van der Waals surface area contributed by atoms with Gasteiger partial charge in [-0.15, -0.1) is 13.1 Å². The molecule has 0 saturated carbocycles. The Balaban J connectivity index is 0. The molecular formula is C6H16Cl2CoN4-2. The average Bonchev–Trinajstić information content (AvgIpc) is 2.13. The van der Waals surface area contributed by atoms with Crippen molar-refractivity contribution in [2.75, 3.05) is 39.3 Å². The monoisotopic (exact) mass is 273 g/mol. The van der Waals surface area contributed by atoms with Crippen LogP contribution in [0.1, 0.15) is 0 Å². The Morgan fingerprint density at radius 3 is 1.38 bits per heavy atom. The maximum atomic E-state index is 5.23. The minimum absolute atomic E-state index is 0.382. The van der Waals surface area contributed by atoms with Crippen molar-refractivity contribution < 1.29 is 12.9 Å². The molecule has 0 rings (SSSR count). The maximum absolute atomic E-state index is 5.23. The molecule has 4 nitrogen and oxygen atoms in total. The topological polar surface area (TPSA) is 80.2 Å². The van der Waals surface area contributed by atoms with E-state index in [1.54, 1.807) is 0 Å². The molecule has 0 aliphatic rings. The second-order valence-electron chi connectivity index (χ2n) is 1.97. The first-order chi connectivity index (χ1) is 6.33. The second kappa shape index (κ2) is 18.7. The molecule has 0 spiro atoms. The summed E-state index contributed by atoms with van der Waals surface area (Å²) in [5.41, 5.74) is 10.5. The molecule has 0 bridgehead atoms. The number of nitrogens with zero attached hydrogens (tertiary/aromatic N) is 2. The predicted octanol–water partition coefficient (Wildman–Crippen LogP) is 1.03. The molecule has 0 aromatic rings. The number of hydrogen-bond donors (Lipinski definition) is 2. The van der Waals surface area contributed by atoms with Crippen LogP contribution < -0.4 is 11.5 Å². The van der Waals surface area contributed by atoms with E-state index in [1.165, 1.54) is 0 Å². The molecule has 0 heterocycles. The van der Waals surface area contributed by atoms with E-state index >= 15 is 0 Å². The van der Waals surface area contributed by atoms with E-state index in [4.69, 9.17) is 31.8 Å². The summed E-state index contributed by atoms with van der Waals surface area (Å²) in [6.07, 6.45) is 0. The third-order valence-electron chi connectivity index (χ3n) is 0.991. The Morgan fingerprint density at radius 1 is 0.846 bits per heavy atom. The zero-order valence-electron chi connectivity index (χ0n) is 7.38. The molecule has 0 saturated heterocycles. The van der Waals surface area contributed by atoms with Crippen molar-refractivity contribution in [3.63, 3.8) is 0 Å². The van der Waals surface area contributed by atoms with E-state index in [2.05, 4.69) is 10.6 Å². The van der Waals surface area contributed by atoms with Gasteiger partial charge in [0, 0.05) is 0 Å². The van der Waals surface area contributed by atoms with Gasteiger partial charge in [0.05, 0.1) is 0 Å². The van der Waals surface area contributed by atoms with Crippen LogP contribution in [0.4, 0.5) is 0 Å². The van der Waals surface area contributed by atoms with E-state index in [1.807, 2.05) is 0 Å². The minimum atomic E-state index is 0.382. The van der Waals surface area contributed by atoms with E-state index < -0.39 is 0 Å². The summed E-state index contributed by atoms with van der Waals surface area (Å²) in [4.78, 5) is 0. The van der Waals surface area contributed by atoms with Gasteiger partial charge in [-0.25, -0.2) is 0 Å². The number of halogens is 2. The van der Waals surface area contributed by atoms with Crippen LogP contribution in [-0.2, 0) is 12.9 Å². The molecule has 0 aliphatic carbocycles. The first kappa shape index (κ1) is 16.4. The van der Waals surface area contributed by atoms with Crippen LogP contribution >= 0.6 is 20.3 Å². The summed E-state index contributed by atoms with van der Waals surface area (Å²) >= 11 is 0.382. The summed E-state index contributed by atoms with van der Waals surface area (Å²) in [5.74, 6) is 0. The molecule has 0 amide bonds. The van der Waals surface area contributed by atoms with Gasteiger partial charge in [0.15, 0.2) is 0 Å². The van der Waals surface area contributed by atoms with Crippen LogP contribution in [0.25, 0.3) is 10.6 Å². The standard InChI is InChI=1S/C6H16N4.2ClH.Co/c7-1-3-9-5-6-10-4-2-8;;;/h1-8H2;2*1H;/q-2;;;+2/p-2. The van der Waals surface area contributed by atoms with Gasteiger partial charge in [0.2, 0.25) is 0 Å². The van der Waals surface area contributed by atoms with Gasteiger partial charge in [-0.2, -0.15) is 13.1 Å². The zero-order valence-corrected chi connectivity index (χ0v) is 9.93. The van der Waals surface area contributed by atoms with Crippen molar-refractivity contribution in [3.05, 3.63) is 10.6 Å². The van der Waals surface area contributed by atoms with Crippen molar-refractivity contribution >= 4 is 20.3 Å². The van der Waals surface area contributed by atoms with E-state index in [0.717, 1.165) is 26.2 Å². The van der Waals surface area contributed by atoms with Crippen LogP contribution in [0.5, 0.6) is 0 Å². The van der Waals surface area contributed by atoms with Gasteiger partial charge in [-0.1, -0.05) is 0 Å². The van der Waals surface area contributed by atoms with Gasteiger partial charge in [-0.05, 0) is 13.1 Å². The average molecular weight is 274 g/mol. The van der Waals surface area contributed by atoms with Crippen LogP contribution in [0, 0.1) is 0 Å². The molecule has 85 valence electrons. The van der Waals surface area contributed by atoms with Crippen LogP contribution in [0.15, 0.2) is 0 Å². The van der Waals surface area contributed by atoms with E-state index in [0.29, 0.717) is 26.0 Å². The summed E-state index contributed by atoms with van der Waals surface area (Å²) in [5, 5.41) is 8.20. The Labute approximate surface area is 94.6 Å². The Hall–Kier alpha value is 0.926. The molecule has 0 fully saturated rings. The Morgan fingerprint density at radius 2 is 1.15 bits per heavy atom. The van der Waals surface area contributed by atoms with E-state index in [9.17, 15) is 0 Å². The van der Waals surface area contributed by atoms with Crippen molar-refractivity contribution in [1.82, 2.24) is 0 Å². The Bertz CT molecular complexity index is 71.7. The second-order valence-corrected chi connectivity index (χ2v) is 3.69. The number of nitrogens with two attached hydrogens (primary N) is 2. The molecule has 0 atom stereocenters. The first-order valence-corrected chi connectivity index (χ1v) is 6.70. The van der Waals surface area contributed by atoms with Gasteiger partial charge < -0.3 is 22.1 Å². The molecule has 0 aromatic heterocycles.